The molecule has 0 spiro atoms. The number of rotatable bonds is 2. The standard InChI is InChI=1S/C12H9OP/c13-14(11-7-3-1-4-8-11)12-9-5-2-6-10-12/h1-5,7-10H/q+2. The van der Waals surface area contributed by atoms with E-state index in [4.69, 9.17) is 0 Å². The summed E-state index contributed by atoms with van der Waals surface area (Å²) < 4.78 is 12.0. The minimum absolute atomic E-state index is 0.828. The van der Waals surface area contributed by atoms with Gasteiger partial charge >= 0.3 is 13.1 Å². The van der Waals surface area contributed by atoms with Crippen LogP contribution in [0.3, 0.4) is 0 Å². The first kappa shape index (κ1) is 9.02. The molecule has 1 aliphatic rings. The van der Waals surface area contributed by atoms with Gasteiger partial charge in [0.15, 0.2) is 6.08 Å². The van der Waals surface area contributed by atoms with Gasteiger partial charge in [0, 0.05) is 6.08 Å². The Morgan fingerprint density at radius 1 is 1.14 bits per heavy atom. The third-order valence-electron chi connectivity index (χ3n) is 1.92. The summed E-state index contributed by atoms with van der Waals surface area (Å²) in [5.74, 6) is 0. The van der Waals surface area contributed by atoms with E-state index in [1.165, 1.54) is 0 Å². The topological polar surface area (TPSA) is 17.1 Å². The van der Waals surface area contributed by atoms with Crippen molar-refractivity contribution in [3.05, 3.63) is 66.0 Å². The van der Waals surface area contributed by atoms with Crippen molar-refractivity contribution in [2.24, 2.45) is 0 Å². The van der Waals surface area contributed by atoms with Gasteiger partial charge < -0.3 is 0 Å². The summed E-state index contributed by atoms with van der Waals surface area (Å²) in [6, 6.07) is 9.48. The predicted molar refractivity (Wildman–Crippen MR) is 58.7 cm³/mol. The van der Waals surface area contributed by atoms with Crippen LogP contribution in [0.25, 0.3) is 0 Å². The van der Waals surface area contributed by atoms with Crippen molar-refractivity contribution in [1.82, 2.24) is 0 Å². The summed E-state index contributed by atoms with van der Waals surface area (Å²) in [5.41, 5.74) is 0. The summed E-state index contributed by atoms with van der Waals surface area (Å²) >= 11 is 0. The molecule has 0 amide bonds. The van der Waals surface area contributed by atoms with Crippen LogP contribution in [0.1, 0.15) is 0 Å². The summed E-state index contributed by atoms with van der Waals surface area (Å²) in [7, 11) is -1.45. The summed E-state index contributed by atoms with van der Waals surface area (Å²) in [5, 5.41) is 1.69. The monoisotopic (exact) mass is 200 g/mol. The first-order valence-electron chi connectivity index (χ1n) is 4.36. The first-order valence-corrected chi connectivity index (χ1v) is 5.62. The molecule has 1 aliphatic carbocycles. The molecule has 0 bridgehead atoms. The Labute approximate surface area is 84.3 Å². The smallest absolute Gasteiger partial charge is 0.0619 e. The predicted octanol–water partition coefficient (Wildman–Crippen LogP) is 2.95. The third kappa shape index (κ3) is 1.85. The van der Waals surface area contributed by atoms with Gasteiger partial charge in [-0.05, 0) is 16.7 Å². The zero-order valence-corrected chi connectivity index (χ0v) is 8.45. The largest absolute Gasteiger partial charge is 0.474 e. The molecule has 1 unspecified atom stereocenters. The highest BCUT2D eigenvalue weighted by Gasteiger charge is 2.30. The maximum Gasteiger partial charge on any atom is 0.474 e. The molecule has 1 atom stereocenters. The SMILES string of the molecule is O=[P+](C1=CC=C[C+]=C1)c1ccccc1. The zero-order valence-electron chi connectivity index (χ0n) is 7.55. The highest BCUT2D eigenvalue weighted by Crippen LogP contribution is 2.33. The molecule has 0 fully saturated rings. The molecular formula is C12H9OP+2. The van der Waals surface area contributed by atoms with Crippen molar-refractivity contribution in [2.75, 3.05) is 0 Å². The van der Waals surface area contributed by atoms with E-state index in [0.717, 1.165) is 10.6 Å². The highest BCUT2D eigenvalue weighted by atomic mass is 31.1. The number of hydrogen-bond acceptors (Lipinski definition) is 1. The van der Waals surface area contributed by atoms with E-state index in [9.17, 15) is 4.57 Å². The van der Waals surface area contributed by atoms with Crippen molar-refractivity contribution >= 4 is 13.1 Å². The van der Waals surface area contributed by atoms with Crippen LogP contribution in [-0.4, -0.2) is 0 Å². The molecule has 0 aromatic heterocycles. The van der Waals surface area contributed by atoms with Gasteiger partial charge in [-0.15, -0.1) is 0 Å². The van der Waals surface area contributed by atoms with E-state index in [-0.39, 0.29) is 0 Å². The first-order chi connectivity index (χ1) is 6.88. The molecule has 0 heterocycles. The van der Waals surface area contributed by atoms with Gasteiger partial charge in [-0.25, -0.2) is 0 Å². The maximum absolute atomic E-state index is 12.0. The number of benzene rings is 1. The van der Waals surface area contributed by atoms with Gasteiger partial charge in [0.2, 0.25) is 5.30 Å². The highest BCUT2D eigenvalue weighted by molar-refractivity contribution is 7.58. The average molecular weight is 200 g/mol. The zero-order chi connectivity index (χ0) is 9.80. The molecule has 66 valence electrons. The minimum Gasteiger partial charge on any atom is -0.0619 e. The van der Waals surface area contributed by atoms with Gasteiger partial charge in [-0.2, -0.15) is 0 Å². The van der Waals surface area contributed by atoms with E-state index >= 15 is 0 Å². The molecule has 0 N–H and O–H groups in total. The lowest BCUT2D eigenvalue weighted by molar-refractivity contribution is 0.597. The third-order valence-corrected chi connectivity index (χ3v) is 3.43. The lowest BCUT2D eigenvalue weighted by Gasteiger charge is -1.84. The fraction of sp³-hybridized carbons (Fsp3) is 0. The van der Waals surface area contributed by atoms with Crippen LogP contribution < -0.4 is 5.30 Å². The Morgan fingerprint density at radius 2 is 1.93 bits per heavy atom. The Balaban J connectivity index is 2.30. The molecule has 14 heavy (non-hydrogen) atoms. The van der Waals surface area contributed by atoms with Crippen LogP contribution >= 0.6 is 7.80 Å². The van der Waals surface area contributed by atoms with Crippen LogP contribution in [0.15, 0.2) is 60.0 Å². The normalized spacial score (nSPS) is 14.6. The summed E-state index contributed by atoms with van der Waals surface area (Å²) in [6.45, 7) is 0. The van der Waals surface area contributed by atoms with Crippen LogP contribution in [0.5, 0.6) is 0 Å². The Bertz CT molecular complexity index is 427. The number of allylic oxidation sites excluding steroid dienone is 6. The molecule has 0 aliphatic heterocycles. The van der Waals surface area contributed by atoms with Crippen molar-refractivity contribution in [2.45, 2.75) is 0 Å². The minimum atomic E-state index is -1.45. The van der Waals surface area contributed by atoms with E-state index in [0.29, 0.717) is 0 Å². The van der Waals surface area contributed by atoms with Crippen LogP contribution in [0, 0.1) is 6.08 Å². The van der Waals surface area contributed by atoms with Crippen LogP contribution in [0.4, 0.5) is 0 Å². The van der Waals surface area contributed by atoms with Crippen LogP contribution in [0.2, 0.25) is 0 Å². The molecule has 1 aromatic carbocycles. The quantitative estimate of drug-likeness (QED) is 0.529. The fourth-order valence-electron chi connectivity index (χ4n) is 1.22. The molecule has 0 saturated heterocycles. The van der Waals surface area contributed by atoms with E-state index < -0.39 is 7.80 Å². The van der Waals surface area contributed by atoms with Crippen molar-refractivity contribution < 1.29 is 4.57 Å². The van der Waals surface area contributed by atoms with Gasteiger partial charge in [0.05, 0.1) is 6.08 Å². The lowest BCUT2D eigenvalue weighted by atomic mass is 10.3. The summed E-state index contributed by atoms with van der Waals surface area (Å²) in [4.78, 5) is 0. The second-order valence-electron chi connectivity index (χ2n) is 2.89. The van der Waals surface area contributed by atoms with Crippen molar-refractivity contribution in [1.29, 1.82) is 0 Å². The molecule has 1 aromatic rings. The van der Waals surface area contributed by atoms with E-state index in [1.807, 2.05) is 42.5 Å². The van der Waals surface area contributed by atoms with Crippen LogP contribution in [-0.2, 0) is 4.57 Å². The summed E-state index contributed by atoms with van der Waals surface area (Å²) in [6.07, 6.45) is 10.2. The van der Waals surface area contributed by atoms with E-state index in [1.54, 1.807) is 12.2 Å². The van der Waals surface area contributed by atoms with E-state index in [2.05, 4.69) is 6.08 Å². The molecule has 2 heteroatoms. The molecule has 0 saturated carbocycles. The van der Waals surface area contributed by atoms with Gasteiger partial charge in [0.25, 0.3) is 0 Å². The van der Waals surface area contributed by atoms with Crippen molar-refractivity contribution in [3.8, 4) is 0 Å². The average Bonchev–Trinajstić information content (AvgIpc) is 2.30. The maximum atomic E-state index is 12.0. The second kappa shape index (κ2) is 4.11. The van der Waals surface area contributed by atoms with Gasteiger partial charge in [0.1, 0.15) is 12.2 Å². The molecule has 0 radical (unpaired) electrons. The Hall–Kier alpha value is -1.55. The fourth-order valence-corrected chi connectivity index (χ4v) is 2.38. The number of hydrogen-bond donors (Lipinski definition) is 0. The second-order valence-corrected chi connectivity index (χ2v) is 4.51. The van der Waals surface area contributed by atoms with Gasteiger partial charge in [-0.1, -0.05) is 18.2 Å². The molecular weight excluding hydrogens is 191 g/mol. The van der Waals surface area contributed by atoms with Crippen molar-refractivity contribution in [3.63, 3.8) is 0 Å². The van der Waals surface area contributed by atoms with Gasteiger partial charge in [-0.3, -0.25) is 0 Å². The molecule has 2 rings (SSSR count). The Morgan fingerprint density at radius 3 is 2.57 bits per heavy atom. The Kier molecular flexibility index (Phi) is 2.65. The molecule has 1 nitrogen and oxygen atoms in total. The lowest BCUT2D eigenvalue weighted by Crippen LogP contribution is -1.95.